The molecule has 1 unspecified atom stereocenters. The van der Waals surface area contributed by atoms with Crippen LogP contribution in [0.4, 0.5) is 0 Å². The normalized spacial score (nSPS) is 18.6. The second kappa shape index (κ2) is 7.98. The monoisotopic (exact) mass is 259 g/mol. The third-order valence-electron chi connectivity index (χ3n) is 3.13. The average Bonchev–Trinajstić information content (AvgIpc) is 2.79. The average molecular weight is 259 g/mol. The molecule has 0 spiro atoms. The van der Waals surface area contributed by atoms with Crippen molar-refractivity contribution in [1.29, 1.82) is 0 Å². The van der Waals surface area contributed by atoms with Crippen LogP contribution in [0.1, 0.15) is 39.5 Å². The van der Waals surface area contributed by atoms with Gasteiger partial charge in [-0.2, -0.15) is 11.8 Å². The van der Waals surface area contributed by atoms with Crippen LogP contribution in [0.5, 0.6) is 0 Å². The number of carbonyl (C=O) groups excluding carboxylic acids is 1. The van der Waals surface area contributed by atoms with Gasteiger partial charge < -0.3 is 10.1 Å². The van der Waals surface area contributed by atoms with Gasteiger partial charge in [0.05, 0.1) is 7.11 Å². The summed E-state index contributed by atoms with van der Waals surface area (Å²) in [6.07, 6.45) is 5.51. The largest absolute Gasteiger partial charge is 0.468 e. The third-order valence-corrected chi connectivity index (χ3v) is 4.41. The number of nitrogens with one attached hydrogen (secondary N) is 1. The molecule has 0 heterocycles. The number of ether oxygens (including phenoxy) is 1. The summed E-state index contributed by atoms with van der Waals surface area (Å²) in [5.41, 5.74) is 0. The van der Waals surface area contributed by atoms with E-state index in [1.165, 1.54) is 38.5 Å². The lowest BCUT2D eigenvalue weighted by Gasteiger charge is -2.19. The van der Waals surface area contributed by atoms with E-state index in [4.69, 9.17) is 4.74 Å². The van der Waals surface area contributed by atoms with E-state index >= 15 is 0 Å². The van der Waals surface area contributed by atoms with Crippen molar-refractivity contribution in [1.82, 2.24) is 5.32 Å². The van der Waals surface area contributed by atoms with Gasteiger partial charge >= 0.3 is 5.97 Å². The molecule has 0 saturated heterocycles. The van der Waals surface area contributed by atoms with Crippen molar-refractivity contribution in [2.75, 3.05) is 18.6 Å². The summed E-state index contributed by atoms with van der Waals surface area (Å²) >= 11 is 1.88. The number of hydrogen-bond donors (Lipinski definition) is 1. The van der Waals surface area contributed by atoms with Gasteiger partial charge in [-0.25, -0.2) is 0 Å². The Morgan fingerprint density at radius 1 is 1.41 bits per heavy atom. The van der Waals surface area contributed by atoms with Gasteiger partial charge in [-0.05, 0) is 24.5 Å². The summed E-state index contributed by atoms with van der Waals surface area (Å²) in [6.45, 7) is 4.11. The highest BCUT2D eigenvalue weighted by Gasteiger charge is 2.21. The number of hydrogen-bond acceptors (Lipinski definition) is 4. The molecule has 100 valence electrons. The van der Waals surface area contributed by atoms with E-state index in [1.807, 2.05) is 11.8 Å². The highest BCUT2D eigenvalue weighted by molar-refractivity contribution is 7.99. The second-order valence-electron chi connectivity index (χ2n) is 5.09. The predicted octanol–water partition coefficient (Wildman–Crippen LogP) is 2.45. The Morgan fingerprint density at radius 3 is 2.59 bits per heavy atom. The lowest BCUT2D eigenvalue weighted by Crippen LogP contribution is -2.43. The van der Waals surface area contributed by atoms with Crippen molar-refractivity contribution in [2.24, 2.45) is 5.92 Å². The maximum atomic E-state index is 11.6. The summed E-state index contributed by atoms with van der Waals surface area (Å²) in [4.78, 5) is 11.6. The molecule has 1 atom stereocenters. The Bertz CT molecular complexity index is 227. The molecule has 1 saturated carbocycles. The fourth-order valence-electron chi connectivity index (χ4n) is 2.26. The molecule has 0 bridgehead atoms. The summed E-state index contributed by atoms with van der Waals surface area (Å²) in [5.74, 6) is 2.74. The molecule has 1 aliphatic carbocycles. The Balaban J connectivity index is 2.24. The fourth-order valence-corrected chi connectivity index (χ4v) is 3.53. The number of carbonyl (C=O) groups is 1. The Kier molecular flexibility index (Phi) is 6.97. The van der Waals surface area contributed by atoms with E-state index in [-0.39, 0.29) is 12.0 Å². The van der Waals surface area contributed by atoms with E-state index in [0.717, 1.165) is 11.7 Å². The van der Waals surface area contributed by atoms with Crippen molar-refractivity contribution in [3.05, 3.63) is 0 Å². The smallest absolute Gasteiger partial charge is 0.323 e. The van der Waals surface area contributed by atoms with Crippen LogP contribution in [-0.4, -0.2) is 36.7 Å². The van der Waals surface area contributed by atoms with Gasteiger partial charge in [-0.15, -0.1) is 0 Å². The molecule has 1 aliphatic rings. The van der Waals surface area contributed by atoms with Crippen molar-refractivity contribution in [2.45, 2.75) is 51.6 Å². The summed E-state index contributed by atoms with van der Waals surface area (Å²) in [7, 11) is 1.46. The van der Waals surface area contributed by atoms with Crippen LogP contribution in [0.25, 0.3) is 0 Å². The molecule has 1 N–H and O–H groups in total. The Labute approximate surface area is 109 Å². The van der Waals surface area contributed by atoms with Crippen LogP contribution in [0.15, 0.2) is 0 Å². The first kappa shape index (κ1) is 14.8. The zero-order valence-corrected chi connectivity index (χ0v) is 12.0. The SMILES string of the molecule is COC(=O)C(CSCC1CCCC1)NC(C)C. The number of thioether (sulfide) groups is 1. The molecule has 1 fully saturated rings. The van der Waals surface area contributed by atoms with Crippen LogP contribution in [-0.2, 0) is 9.53 Å². The van der Waals surface area contributed by atoms with Crippen molar-refractivity contribution in [3.8, 4) is 0 Å². The predicted molar refractivity (Wildman–Crippen MR) is 73.4 cm³/mol. The summed E-state index contributed by atoms with van der Waals surface area (Å²) in [5, 5.41) is 3.26. The van der Waals surface area contributed by atoms with Crippen LogP contribution in [0.2, 0.25) is 0 Å². The van der Waals surface area contributed by atoms with Gasteiger partial charge in [0.1, 0.15) is 6.04 Å². The minimum Gasteiger partial charge on any atom is -0.468 e. The first-order chi connectivity index (χ1) is 8.13. The first-order valence-corrected chi connectivity index (χ1v) is 7.70. The molecule has 17 heavy (non-hydrogen) atoms. The highest BCUT2D eigenvalue weighted by atomic mass is 32.2. The van der Waals surface area contributed by atoms with Gasteiger partial charge in [-0.1, -0.05) is 26.7 Å². The molecule has 4 heteroatoms. The molecular weight excluding hydrogens is 234 g/mol. The van der Waals surface area contributed by atoms with Crippen LogP contribution in [0.3, 0.4) is 0 Å². The number of rotatable bonds is 7. The van der Waals surface area contributed by atoms with Gasteiger partial charge in [0.15, 0.2) is 0 Å². The van der Waals surface area contributed by atoms with Crippen molar-refractivity contribution in [3.63, 3.8) is 0 Å². The highest BCUT2D eigenvalue weighted by Crippen LogP contribution is 2.28. The fraction of sp³-hybridized carbons (Fsp3) is 0.923. The van der Waals surface area contributed by atoms with E-state index in [1.54, 1.807) is 0 Å². The minimum absolute atomic E-state index is 0.141. The lowest BCUT2D eigenvalue weighted by molar-refractivity contribution is -0.142. The standard InChI is InChI=1S/C13H25NO2S/c1-10(2)14-12(13(15)16-3)9-17-8-11-6-4-5-7-11/h10-12,14H,4-9H2,1-3H3. The lowest BCUT2D eigenvalue weighted by atomic mass is 10.1. The van der Waals surface area contributed by atoms with Gasteiger partial charge in [0.25, 0.3) is 0 Å². The Morgan fingerprint density at radius 2 is 2.06 bits per heavy atom. The Hall–Kier alpha value is -0.220. The second-order valence-corrected chi connectivity index (χ2v) is 6.16. The molecule has 0 aliphatic heterocycles. The molecule has 0 aromatic carbocycles. The van der Waals surface area contributed by atoms with E-state index in [2.05, 4.69) is 19.2 Å². The molecule has 0 aromatic rings. The van der Waals surface area contributed by atoms with Crippen LogP contribution < -0.4 is 5.32 Å². The third kappa shape index (κ3) is 5.77. The van der Waals surface area contributed by atoms with Crippen LogP contribution >= 0.6 is 11.8 Å². The van der Waals surface area contributed by atoms with Gasteiger partial charge in [-0.3, -0.25) is 4.79 Å². The molecule has 3 nitrogen and oxygen atoms in total. The maximum absolute atomic E-state index is 11.6. The molecule has 0 aromatic heterocycles. The van der Waals surface area contributed by atoms with Gasteiger partial charge in [0.2, 0.25) is 0 Å². The zero-order chi connectivity index (χ0) is 12.7. The number of methoxy groups -OCH3 is 1. The topological polar surface area (TPSA) is 38.3 Å². The quantitative estimate of drug-likeness (QED) is 0.713. The van der Waals surface area contributed by atoms with E-state index in [9.17, 15) is 4.79 Å². The molecule has 0 amide bonds. The molecular formula is C13H25NO2S. The first-order valence-electron chi connectivity index (χ1n) is 6.55. The summed E-state index contributed by atoms with van der Waals surface area (Å²) in [6, 6.07) is 0.151. The summed E-state index contributed by atoms with van der Waals surface area (Å²) < 4.78 is 4.82. The maximum Gasteiger partial charge on any atom is 0.323 e. The number of esters is 1. The molecule has 0 radical (unpaired) electrons. The zero-order valence-electron chi connectivity index (χ0n) is 11.2. The van der Waals surface area contributed by atoms with Crippen molar-refractivity contribution < 1.29 is 9.53 Å². The molecule has 1 rings (SSSR count). The van der Waals surface area contributed by atoms with Gasteiger partial charge in [0, 0.05) is 11.8 Å². The van der Waals surface area contributed by atoms with Crippen LogP contribution in [0, 0.1) is 5.92 Å². The van der Waals surface area contributed by atoms with E-state index in [0.29, 0.717) is 6.04 Å². The van der Waals surface area contributed by atoms with E-state index < -0.39 is 0 Å². The van der Waals surface area contributed by atoms with Crippen molar-refractivity contribution >= 4 is 17.7 Å². The minimum atomic E-state index is -0.161.